The van der Waals surface area contributed by atoms with Gasteiger partial charge in [0.25, 0.3) is 0 Å². The van der Waals surface area contributed by atoms with E-state index in [2.05, 4.69) is 15.6 Å². The van der Waals surface area contributed by atoms with Crippen LogP contribution in [0.25, 0.3) is 10.9 Å². The fourth-order valence-corrected chi connectivity index (χ4v) is 3.76. The normalized spacial score (nSPS) is 12.3. The molecule has 3 aromatic rings. The monoisotopic (exact) mass is 487 g/mol. The van der Waals surface area contributed by atoms with Crippen LogP contribution in [0.4, 0.5) is 4.39 Å². The predicted molar refractivity (Wildman–Crippen MR) is 128 cm³/mol. The highest BCUT2D eigenvalue weighted by atomic mass is 35.5. The molecule has 3 N–H and O–H groups in total. The van der Waals surface area contributed by atoms with Crippen LogP contribution >= 0.6 is 11.6 Å². The van der Waals surface area contributed by atoms with Gasteiger partial charge in [0, 0.05) is 27.0 Å². The summed E-state index contributed by atoms with van der Waals surface area (Å²) >= 11 is 6.12. The summed E-state index contributed by atoms with van der Waals surface area (Å²) in [5.41, 5.74) is 0.340. The smallest absolute Gasteiger partial charge is 0.355 e. The lowest BCUT2D eigenvalue weighted by atomic mass is 9.99. The first-order chi connectivity index (χ1) is 16.0. The van der Waals surface area contributed by atoms with E-state index >= 15 is 0 Å². The van der Waals surface area contributed by atoms with Crippen molar-refractivity contribution in [3.63, 3.8) is 0 Å². The first-order valence-electron chi connectivity index (χ1n) is 10.8. The predicted octanol–water partition coefficient (Wildman–Crippen LogP) is 4.45. The average molecular weight is 488 g/mol. The van der Waals surface area contributed by atoms with Gasteiger partial charge in [-0.3, -0.25) is 9.59 Å². The number of nitrogens with one attached hydrogen (secondary N) is 3. The minimum Gasteiger partial charge on any atom is -0.461 e. The lowest BCUT2D eigenvalue weighted by molar-refractivity contribution is -0.129. The van der Waals surface area contributed by atoms with Gasteiger partial charge in [-0.25, -0.2) is 9.18 Å². The van der Waals surface area contributed by atoms with Crippen LogP contribution in [-0.4, -0.2) is 34.9 Å². The zero-order chi connectivity index (χ0) is 25.0. The SMILES string of the molecule is CCOC(=O)c1[nH]c2cc(Cl)ccc2c1C(NC(=O)Cc1ccccc1F)C(=O)NC(C)(C)C. The summed E-state index contributed by atoms with van der Waals surface area (Å²) in [6.07, 6.45) is -0.283. The minimum absolute atomic E-state index is 0.0272. The number of rotatable bonds is 7. The van der Waals surface area contributed by atoms with Gasteiger partial charge in [-0.1, -0.05) is 35.9 Å². The second kappa shape index (κ2) is 10.3. The Morgan fingerprint density at radius 2 is 1.85 bits per heavy atom. The van der Waals surface area contributed by atoms with Crippen LogP contribution in [0.3, 0.4) is 0 Å². The van der Waals surface area contributed by atoms with E-state index in [0.29, 0.717) is 15.9 Å². The molecule has 0 spiro atoms. The quantitative estimate of drug-likeness (QED) is 0.428. The van der Waals surface area contributed by atoms with Gasteiger partial charge in [0.15, 0.2) is 0 Å². The van der Waals surface area contributed by atoms with E-state index in [9.17, 15) is 18.8 Å². The zero-order valence-electron chi connectivity index (χ0n) is 19.4. The largest absolute Gasteiger partial charge is 0.461 e. The first-order valence-corrected chi connectivity index (χ1v) is 11.2. The Labute approximate surface area is 202 Å². The molecular weight excluding hydrogens is 461 g/mol. The Balaban J connectivity index is 2.09. The third-order valence-corrected chi connectivity index (χ3v) is 5.18. The second-order valence-electron chi connectivity index (χ2n) is 8.83. The molecular formula is C25H27ClFN3O4. The van der Waals surface area contributed by atoms with Crippen LogP contribution in [0.5, 0.6) is 0 Å². The summed E-state index contributed by atoms with van der Waals surface area (Å²) in [5.74, 6) is -2.32. The average Bonchev–Trinajstić information content (AvgIpc) is 3.11. The summed E-state index contributed by atoms with van der Waals surface area (Å²) < 4.78 is 19.3. The van der Waals surface area contributed by atoms with Gasteiger partial charge in [0.05, 0.1) is 13.0 Å². The molecule has 1 heterocycles. The minimum atomic E-state index is -1.26. The van der Waals surface area contributed by atoms with Crippen molar-refractivity contribution in [3.05, 3.63) is 70.1 Å². The molecule has 0 saturated carbocycles. The van der Waals surface area contributed by atoms with E-state index < -0.39 is 35.2 Å². The Morgan fingerprint density at radius 3 is 2.50 bits per heavy atom. The summed E-state index contributed by atoms with van der Waals surface area (Å²) in [6.45, 7) is 7.17. The van der Waals surface area contributed by atoms with Crippen LogP contribution in [0.2, 0.25) is 5.02 Å². The molecule has 1 atom stereocenters. The third kappa shape index (κ3) is 5.94. The molecule has 180 valence electrons. The summed E-state index contributed by atoms with van der Waals surface area (Å²) in [5, 5.41) is 6.47. The van der Waals surface area contributed by atoms with Crippen LogP contribution in [0, 0.1) is 5.82 Å². The number of amides is 2. The molecule has 1 unspecified atom stereocenters. The molecule has 0 aliphatic heterocycles. The Bertz CT molecular complexity index is 1230. The number of ether oxygens (including phenoxy) is 1. The van der Waals surface area contributed by atoms with E-state index in [1.807, 2.05) is 0 Å². The van der Waals surface area contributed by atoms with Gasteiger partial charge in [-0.2, -0.15) is 0 Å². The maximum Gasteiger partial charge on any atom is 0.355 e. The van der Waals surface area contributed by atoms with Gasteiger partial charge in [-0.15, -0.1) is 0 Å². The number of H-pyrrole nitrogens is 1. The van der Waals surface area contributed by atoms with Crippen molar-refractivity contribution < 1.29 is 23.5 Å². The lowest BCUT2D eigenvalue weighted by Crippen LogP contribution is -2.48. The van der Waals surface area contributed by atoms with Gasteiger partial charge in [0.1, 0.15) is 17.6 Å². The number of carbonyl (C=O) groups is 3. The number of hydrogen-bond donors (Lipinski definition) is 3. The van der Waals surface area contributed by atoms with Gasteiger partial charge >= 0.3 is 5.97 Å². The molecule has 0 fully saturated rings. The van der Waals surface area contributed by atoms with Crippen LogP contribution < -0.4 is 10.6 Å². The molecule has 1 aromatic heterocycles. The Morgan fingerprint density at radius 1 is 1.15 bits per heavy atom. The van der Waals surface area contributed by atoms with Gasteiger partial charge < -0.3 is 20.4 Å². The second-order valence-corrected chi connectivity index (χ2v) is 9.27. The molecule has 9 heteroatoms. The van der Waals surface area contributed by atoms with E-state index in [0.717, 1.165) is 0 Å². The summed E-state index contributed by atoms with van der Waals surface area (Å²) in [7, 11) is 0. The van der Waals surface area contributed by atoms with Crippen molar-refractivity contribution in [2.24, 2.45) is 0 Å². The van der Waals surface area contributed by atoms with E-state index in [-0.39, 0.29) is 29.8 Å². The van der Waals surface area contributed by atoms with Gasteiger partial charge in [0.2, 0.25) is 11.8 Å². The topological polar surface area (TPSA) is 100 Å². The van der Waals surface area contributed by atoms with E-state index in [4.69, 9.17) is 16.3 Å². The van der Waals surface area contributed by atoms with Crippen molar-refractivity contribution in [2.75, 3.05) is 6.61 Å². The summed E-state index contributed by atoms with van der Waals surface area (Å²) in [4.78, 5) is 42.0. The third-order valence-electron chi connectivity index (χ3n) is 4.94. The van der Waals surface area contributed by atoms with Crippen molar-refractivity contribution in [3.8, 4) is 0 Å². The molecule has 0 aliphatic carbocycles. The van der Waals surface area contributed by atoms with E-state index in [1.54, 1.807) is 52.0 Å². The first kappa shape index (κ1) is 25.2. The van der Waals surface area contributed by atoms with Crippen molar-refractivity contribution in [1.82, 2.24) is 15.6 Å². The molecule has 0 saturated heterocycles. The number of aromatic nitrogens is 1. The summed E-state index contributed by atoms with van der Waals surface area (Å²) in [6, 6.07) is 9.54. The number of esters is 1. The van der Waals surface area contributed by atoms with Gasteiger partial charge in [-0.05, 0) is 51.5 Å². The standard InChI is InChI=1S/C25H27ClFN3O4/c1-5-34-24(33)22-20(16-11-10-15(26)13-18(16)28-22)21(23(32)30-25(2,3)4)29-19(31)12-14-8-6-7-9-17(14)27/h6-11,13,21,28H,5,12H2,1-4H3,(H,29,31)(H,30,32). The highest BCUT2D eigenvalue weighted by Crippen LogP contribution is 2.31. The number of halogens is 2. The number of carbonyl (C=O) groups excluding carboxylic acids is 3. The molecule has 2 aromatic carbocycles. The Kier molecular flexibility index (Phi) is 7.61. The fraction of sp³-hybridized carbons (Fsp3) is 0.320. The lowest BCUT2D eigenvalue weighted by Gasteiger charge is -2.26. The van der Waals surface area contributed by atoms with E-state index in [1.165, 1.54) is 18.2 Å². The maximum absolute atomic E-state index is 14.1. The van der Waals surface area contributed by atoms with Crippen molar-refractivity contribution in [2.45, 2.75) is 45.7 Å². The highest BCUT2D eigenvalue weighted by Gasteiger charge is 2.33. The molecule has 0 radical (unpaired) electrons. The fourth-order valence-electron chi connectivity index (χ4n) is 3.59. The molecule has 7 nitrogen and oxygen atoms in total. The molecule has 34 heavy (non-hydrogen) atoms. The number of hydrogen-bond acceptors (Lipinski definition) is 4. The molecule has 3 rings (SSSR count). The molecule has 0 bridgehead atoms. The maximum atomic E-state index is 14.1. The van der Waals surface area contributed by atoms with Crippen molar-refractivity contribution in [1.29, 1.82) is 0 Å². The zero-order valence-corrected chi connectivity index (χ0v) is 20.2. The number of aromatic amines is 1. The highest BCUT2D eigenvalue weighted by molar-refractivity contribution is 6.31. The van der Waals surface area contributed by atoms with Crippen molar-refractivity contribution >= 4 is 40.3 Å². The number of benzene rings is 2. The Hall–Kier alpha value is -3.39. The molecule has 2 amide bonds. The van der Waals surface area contributed by atoms with Crippen LogP contribution in [0.15, 0.2) is 42.5 Å². The number of fused-ring (bicyclic) bond motifs is 1. The van der Waals surface area contributed by atoms with Crippen LogP contribution in [0.1, 0.15) is 55.4 Å². The molecule has 0 aliphatic rings. The van der Waals surface area contributed by atoms with Crippen LogP contribution in [-0.2, 0) is 20.7 Å².